The van der Waals surface area contributed by atoms with E-state index in [4.69, 9.17) is 10.0 Å². The first kappa shape index (κ1) is 9.13. The van der Waals surface area contributed by atoms with E-state index in [2.05, 4.69) is 0 Å². The maximum atomic E-state index is 8.58. The summed E-state index contributed by atoms with van der Waals surface area (Å²) in [6.07, 6.45) is 0. The van der Waals surface area contributed by atoms with E-state index in [9.17, 15) is 0 Å². The molecule has 0 fully saturated rings. The first-order chi connectivity index (χ1) is 4.30. The molecule has 0 aliphatic carbocycles. The van der Waals surface area contributed by atoms with Crippen LogP contribution in [0.25, 0.3) is 0 Å². The molecule has 1 rings (SSSR count). The molecule has 0 heterocycles. The van der Waals surface area contributed by atoms with Crippen LogP contribution in [0.4, 0.5) is 4.70 Å². The van der Waals surface area contributed by atoms with E-state index in [0.29, 0.717) is 5.46 Å². The molecule has 0 saturated carbocycles. The van der Waals surface area contributed by atoms with Gasteiger partial charge in [0, 0.05) is 0 Å². The van der Waals surface area contributed by atoms with Gasteiger partial charge >= 0.3 is 7.12 Å². The van der Waals surface area contributed by atoms with Gasteiger partial charge in [0.2, 0.25) is 0 Å². The van der Waals surface area contributed by atoms with Crippen LogP contribution in [-0.2, 0) is 0 Å². The monoisotopic (exact) mass is 142 g/mol. The third-order valence-corrected chi connectivity index (χ3v) is 1.10. The van der Waals surface area contributed by atoms with Crippen LogP contribution < -0.4 is 5.46 Å². The maximum absolute atomic E-state index is 8.58. The average molecular weight is 142 g/mol. The van der Waals surface area contributed by atoms with Gasteiger partial charge in [-0.2, -0.15) is 0 Å². The van der Waals surface area contributed by atoms with Crippen molar-refractivity contribution in [2.45, 2.75) is 0 Å². The number of benzene rings is 1. The number of hydrogen-bond acceptors (Lipinski definition) is 2. The number of halogens is 1. The highest BCUT2D eigenvalue weighted by Crippen LogP contribution is 1.82. The zero-order valence-electron chi connectivity index (χ0n) is 5.27. The molecule has 0 aromatic heterocycles. The molecule has 1 aromatic rings. The molecule has 0 radical (unpaired) electrons. The standard InChI is InChI=1S/C6H7BO2.FH/c8-7(9)6-4-2-1-3-5-6;/h1-5,8-9H;1H. The largest absolute Gasteiger partial charge is 0.488 e. The van der Waals surface area contributed by atoms with Crippen LogP contribution in [0.15, 0.2) is 30.3 Å². The Kier molecular flexibility index (Phi) is 3.68. The van der Waals surface area contributed by atoms with Crippen molar-refractivity contribution in [3.8, 4) is 0 Å². The lowest BCUT2D eigenvalue weighted by atomic mass is 9.81. The third kappa shape index (κ3) is 2.17. The van der Waals surface area contributed by atoms with Crippen LogP contribution >= 0.6 is 0 Å². The van der Waals surface area contributed by atoms with E-state index in [1.165, 1.54) is 0 Å². The maximum Gasteiger partial charge on any atom is 0.488 e. The van der Waals surface area contributed by atoms with Crippen molar-refractivity contribution >= 4 is 12.6 Å². The molecular formula is C6H8BFO2. The molecule has 0 aliphatic rings. The normalized spacial score (nSPS) is 8.20. The summed E-state index contributed by atoms with van der Waals surface area (Å²) in [5, 5.41) is 17.2. The van der Waals surface area contributed by atoms with Gasteiger partial charge in [-0.05, 0) is 5.46 Å². The van der Waals surface area contributed by atoms with Crippen molar-refractivity contribution in [3.63, 3.8) is 0 Å². The highest BCUT2D eigenvalue weighted by atomic mass is 19.0. The minimum Gasteiger partial charge on any atom is -0.423 e. The highest BCUT2D eigenvalue weighted by Gasteiger charge is 2.07. The van der Waals surface area contributed by atoms with Crippen LogP contribution in [0.3, 0.4) is 0 Å². The van der Waals surface area contributed by atoms with Gasteiger partial charge in [0.25, 0.3) is 0 Å². The van der Waals surface area contributed by atoms with E-state index >= 15 is 0 Å². The van der Waals surface area contributed by atoms with E-state index in [0.717, 1.165) is 0 Å². The first-order valence-corrected chi connectivity index (χ1v) is 2.72. The second-order valence-corrected chi connectivity index (χ2v) is 1.78. The summed E-state index contributed by atoms with van der Waals surface area (Å²) in [6, 6.07) is 8.66. The summed E-state index contributed by atoms with van der Waals surface area (Å²) < 4.78 is 0. The molecule has 0 unspecified atom stereocenters. The Balaban J connectivity index is 0.000000810. The molecule has 54 valence electrons. The molecule has 0 amide bonds. The summed E-state index contributed by atoms with van der Waals surface area (Å²) in [5.74, 6) is 0. The fourth-order valence-electron chi connectivity index (χ4n) is 0.625. The molecule has 0 spiro atoms. The molecule has 0 aliphatic heterocycles. The lowest BCUT2D eigenvalue weighted by Gasteiger charge is -1.94. The molecule has 4 heteroatoms. The Morgan fingerprint density at radius 3 is 1.80 bits per heavy atom. The molecule has 2 nitrogen and oxygen atoms in total. The van der Waals surface area contributed by atoms with E-state index in [1.54, 1.807) is 24.3 Å². The van der Waals surface area contributed by atoms with Gasteiger partial charge in [0.15, 0.2) is 0 Å². The van der Waals surface area contributed by atoms with Crippen molar-refractivity contribution in [3.05, 3.63) is 30.3 Å². The van der Waals surface area contributed by atoms with Crippen molar-refractivity contribution in [2.24, 2.45) is 0 Å². The molecule has 0 saturated heterocycles. The topological polar surface area (TPSA) is 40.5 Å². The predicted octanol–water partition coefficient (Wildman–Crippen LogP) is -0.481. The van der Waals surface area contributed by atoms with Crippen LogP contribution in [-0.4, -0.2) is 17.2 Å². The van der Waals surface area contributed by atoms with E-state index < -0.39 is 7.12 Å². The second-order valence-electron chi connectivity index (χ2n) is 1.78. The summed E-state index contributed by atoms with van der Waals surface area (Å²) in [6.45, 7) is 0. The first-order valence-electron chi connectivity index (χ1n) is 2.72. The predicted molar refractivity (Wildman–Crippen MR) is 38.8 cm³/mol. The minimum absolute atomic E-state index is 0. The smallest absolute Gasteiger partial charge is 0.423 e. The zero-order chi connectivity index (χ0) is 6.69. The van der Waals surface area contributed by atoms with Crippen LogP contribution in [0, 0.1) is 0 Å². The van der Waals surface area contributed by atoms with Crippen molar-refractivity contribution in [1.82, 2.24) is 0 Å². The zero-order valence-corrected chi connectivity index (χ0v) is 5.27. The molecule has 1 aromatic carbocycles. The van der Waals surface area contributed by atoms with Crippen LogP contribution in [0.1, 0.15) is 0 Å². The SMILES string of the molecule is F.OB(O)c1ccccc1. The van der Waals surface area contributed by atoms with Gasteiger partial charge < -0.3 is 10.0 Å². The quantitative estimate of drug-likeness (QED) is 0.519. The molecule has 10 heavy (non-hydrogen) atoms. The molecule has 0 atom stereocenters. The Bertz CT molecular complexity index is 178. The molecular weight excluding hydrogens is 134 g/mol. The fraction of sp³-hybridized carbons (Fsp3) is 0. The summed E-state index contributed by atoms with van der Waals surface area (Å²) in [4.78, 5) is 0. The number of rotatable bonds is 1. The van der Waals surface area contributed by atoms with Crippen molar-refractivity contribution in [1.29, 1.82) is 0 Å². The fourth-order valence-corrected chi connectivity index (χ4v) is 0.625. The summed E-state index contributed by atoms with van der Waals surface area (Å²) in [7, 11) is -1.34. The van der Waals surface area contributed by atoms with Gasteiger partial charge in [-0.15, -0.1) is 0 Å². The van der Waals surface area contributed by atoms with Crippen LogP contribution in [0.2, 0.25) is 0 Å². The Hall–Kier alpha value is -0.865. The summed E-state index contributed by atoms with van der Waals surface area (Å²) >= 11 is 0. The Morgan fingerprint density at radius 1 is 1.00 bits per heavy atom. The van der Waals surface area contributed by atoms with Gasteiger partial charge in [0.05, 0.1) is 0 Å². The molecule has 2 N–H and O–H groups in total. The van der Waals surface area contributed by atoms with Gasteiger partial charge in [0.1, 0.15) is 0 Å². The van der Waals surface area contributed by atoms with E-state index in [-0.39, 0.29) is 4.70 Å². The number of hydrogen-bond donors (Lipinski definition) is 2. The van der Waals surface area contributed by atoms with Gasteiger partial charge in [-0.25, -0.2) is 0 Å². The highest BCUT2D eigenvalue weighted by molar-refractivity contribution is 6.58. The van der Waals surface area contributed by atoms with Crippen LogP contribution in [0.5, 0.6) is 0 Å². The second kappa shape index (κ2) is 4.03. The van der Waals surface area contributed by atoms with E-state index in [1.807, 2.05) is 6.07 Å². The lowest BCUT2D eigenvalue weighted by molar-refractivity contribution is 0.426. The van der Waals surface area contributed by atoms with Crippen molar-refractivity contribution in [2.75, 3.05) is 0 Å². The Morgan fingerprint density at radius 2 is 1.50 bits per heavy atom. The summed E-state index contributed by atoms with van der Waals surface area (Å²) in [5.41, 5.74) is 0.525. The molecule has 0 bridgehead atoms. The average Bonchev–Trinajstić information content (AvgIpc) is 1.90. The lowest BCUT2D eigenvalue weighted by Crippen LogP contribution is -2.29. The van der Waals surface area contributed by atoms with Gasteiger partial charge in [-0.1, -0.05) is 30.3 Å². The Labute approximate surface area is 58.6 Å². The third-order valence-electron chi connectivity index (χ3n) is 1.10. The van der Waals surface area contributed by atoms with Crippen molar-refractivity contribution < 1.29 is 14.8 Å². The minimum atomic E-state index is -1.34. The van der Waals surface area contributed by atoms with Gasteiger partial charge in [-0.3, -0.25) is 4.70 Å².